The number of rotatable bonds is 5. The third-order valence-corrected chi connectivity index (χ3v) is 2.29. The first-order chi connectivity index (χ1) is 9.34. The van der Waals surface area contributed by atoms with E-state index in [0.717, 1.165) is 5.56 Å². The van der Waals surface area contributed by atoms with E-state index in [1.165, 1.54) is 7.11 Å². The Morgan fingerprint density at radius 1 is 1.40 bits per heavy atom. The molecule has 0 unspecified atom stereocenters. The van der Waals surface area contributed by atoms with E-state index in [1.807, 2.05) is 0 Å². The van der Waals surface area contributed by atoms with Crippen LogP contribution in [0.25, 0.3) is 0 Å². The summed E-state index contributed by atoms with van der Waals surface area (Å²) in [6.45, 7) is 5.81. The van der Waals surface area contributed by atoms with Crippen LogP contribution in [0.2, 0.25) is 0 Å². The van der Waals surface area contributed by atoms with Gasteiger partial charge in [-0.3, -0.25) is 4.79 Å². The average molecular weight is 280 g/mol. The number of amides is 1. The van der Waals surface area contributed by atoms with E-state index < -0.39 is 11.7 Å². The summed E-state index contributed by atoms with van der Waals surface area (Å²) in [5, 5.41) is 2.65. The Hall–Kier alpha value is -2.11. The number of nitrogens with one attached hydrogen (secondary N) is 1. The van der Waals surface area contributed by atoms with E-state index in [0.29, 0.717) is 30.8 Å². The molecule has 6 heteroatoms. The lowest BCUT2D eigenvalue weighted by atomic mass is 10.1. The second-order valence-corrected chi connectivity index (χ2v) is 5.24. The first-order valence-electron chi connectivity index (χ1n) is 6.31. The quantitative estimate of drug-likeness (QED) is 0.834. The summed E-state index contributed by atoms with van der Waals surface area (Å²) in [7, 11) is 1.49. The molecule has 1 aromatic heterocycles. The molecule has 0 spiro atoms. The van der Waals surface area contributed by atoms with Crippen molar-refractivity contribution in [3.05, 3.63) is 23.4 Å². The van der Waals surface area contributed by atoms with Crippen molar-refractivity contribution in [1.29, 1.82) is 0 Å². The van der Waals surface area contributed by atoms with E-state index in [9.17, 15) is 9.59 Å². The molecule has 1 amide bonds. The van der Waals surface area contributed by atoms with E-state index in [1.54, 1.807) is 32.9 Å². The fraction of sp³-hybridized carbons (Fsp3) is 0.500. The molecule has 0 bridgehead atoms. The van der Waals surface area contributed by atoms with Crippen molar-refractivity contribution in [3.63, 3.8) is 0 Å². The number of methoxy groups -OCH3 is 1. The molecule has 1 rings (SSSR count). The number of aromatic nitrogens is 1. The summed E-state index contributed by atoms with van der Waals surface area (Å²) < 4.78 is 10.1. The molecule has 0 aliphatic rings. The molecule has 1 N–H and O–H groups in total. The molecule has 0 saturated carbocycles. The van der Waals surface area contributed by atoms with Gasteiger partial charge < -0.3 is 14.8 Å². The zero-order chi connectivity index (χ0) is 15.2. The van der Waals surface area contributed by atoms with Crippen molar-refractivity contribution >= 4 is 12.4 Å². The summed E-state index contributed by atoms with van der Waals surface area (Å²) in [5.74, 6) is 0.377. The minimum Gasteiger partial charge on any atom is -0.481 e. The van der Waals surface area contributed by atoms with Gasteiger partial charge in [0.2, 0.25) is 5.88 Å². The van der Waals surface area contributed by atoms with Crippen LogP contribution >= 0.6 is 0 Å². The van der Waals surface area contributed by atoms with Crippen molar-refractivity contribution in [1.82, 2.24) is 10.3 Å². The smallest absolute Gasteiger partial charge is 0.407 e. The zero-order valence-electron chi connectivity index (χ0n) is 12.2. The molecule has 0 radical (unpaired) electrons. The van der Waals surface area contributed by atoms with Crippen LogP contribution in [-0.4, -0.2) is 36.6 Å². The van der Waals surface area contributed by atoms with E-state index in [2.05, 4.69) is 10.3 Å². The lowest BCUT2D eigenvalue weighted by Gasteiger charge is -2.19. The molecule has 20 heavy (non-hydrogen) atoms. The van der Waals surface area contributed by atoms with Gasteiger partial charge in [0.15, 0.2) is 6.29 Å². The van der Waals surface area contributed by atoms with Crippen molar-refractivity contribution in [3.8, 4) is 5.88 Å². The Morgan fingerprint density at radius 2 is 2.10 bits per heavy atom. The van der Waals surface area contributed by atoms with Crippen LogP contribution in [0.5, 0.6) is 5.88 Å². The van der Waals surface area contributed by atoms with Gasteiger partial charge in [0.25, 0.3) is 0 Å². The lowest BCUT2D eigenvalue weighted by molar-refractivity contribution is 0.0528. The second-order valence-electron chi connectivity index (χ2n) is 5.24. The number of carbonyl (C=O) groups excluding carboxylic acids is 2. The molecule has 0 atom stereocenters. The van der Waals surface area contributed by atoms with Gasteiger partial charge in [-0.15, -0.1) is 0 Å². The molecule has 0 saturated heterocycles. The number of ether oxygens (including phenoxy) is 2. The third-order valence-electron chi connectivity index (χ3n) is 2.29. The number of nitrogens with zero attached hydrogens (tertiary/aromatic N) is 1. The minimum atomic E-state index is -0.519. The van der Waals surface area contributed by atoms with E-state index >= 15 is 0 Å². The molecule has 110 valence electrons. The summed E-state index contributed by atoms with van der Waals surface area (Å²) in [6.07, 6.45) is 0.751. The van der Waals surface area contributed by atoms with Gasteiger partial charge in [0.05, 0.1) is 7.11 Å². The SMILES string of the molecule is COc1cc(CCNC(=O)OC(C)(C)C)cc(C=O)n1. The van der Waals surface area contributed by atoms with Crippen molar-refractivity contribution in [2.75, 3.05) is 13.7 Å². The highest BCUT2D eigenvalue weighted by molar-refractivity contribution is 5.72. The Labute approximate surface area is 118 Å². The maximum Gasteiger partial charge on any atom is 0.407 e. The van der Waals surface area contributed by atoms with Gasteiger partial charge >= 0.3 is 6.09 Å². The van der Waals surface area contributed by atoms with Crippen molar-refractivity contribution < 1.29 is 19.1 Å². The van der Waals surface area contributed by atoms with Gasteiger partial charge in [0.1, 0.15) is 11.3 Å². The normalized spacial score (nSPS) is 10.8. The van der Waals surface area contributed by atoms with Gasteiger partial charge in [-0.2, -0.15) is 0 Å². The molecule has 0 aliphatic heterocycles. The van der Waals surface area contributed by atoms with E-state index in [4.69, 9.17) is 9.47 Å². The van der Waals surface area contributed by atoms with Crippen LogP contribution in [0.1, 0.15) is 36.8 Å². The fourth-order valence-electron chi connectivity index (χ4n) is 1.51. The average Bonchev–Trinajstić information content (AvgIpc) is 2.36. The van der Waals surface area contributed by atoms with Gasteiger partial charge in [-0.1, -0.05) is 0 Å². The fourth-order valence-corrected chi connectivity index (χ4v) is 1.51. The second kappa shape index (κ2) is 6.88. The molecular weight excluding hydrogens is 260 g/mol. The maximum atomic E-state index is 11.5. The highest BCUT2D eigenvalue weighted by Gasteiger charge is 2.15. The minimum absolute atomic E-state index is 0.302. The maximum absolute atomic E-state index is 11.5. The number of alkyl carbamates (subject to hydrolysis) is 1. The number of pyridine rings is 1. The first-order valence-corrected chi connectivity index (χ1v) is 6.31. The Morgan fingerprint density at radius 3 is 2.65 bits per heavy atom. The monoisotopic (exact) mass is 280 g/mol. The van der Waals surface area contributed by atoms with Crippen molar-refractivity contribution in [2.45, 2.75) is 32.8 Å². The predicted molar refractivity (Wildman–Crippen MR) is 74.1 cm³/mol. The van der Waals surface area contributed by atoms with Gasteiger partial charge in [-0.05, 0) is 38.8 Å². The highest BCUT2D eigenvalue weighted by atomic mass is 16.6. The zero-order valence-corrected chi connectivity index (χ0v) is 12.2. The Balaban J connectivity index is 2.53. The number of hydrogen-bond donors (Lipinski definition) is 1. The van der Waals surface area contributed by atoms with Gasteiger partial charge in [-0.25, -0.2) is 9.78 Å². The molecule has 1 heterocycles. The predicted octanol–water partition coefficient (Wildman–Crippen LogP) is 1.97. The van der Waals surface area contributed by atoms with Crippen LogP contribution in [0.3, 0.4) is 0 Å². The number of carbonyl (C=O) groups is 2. The standard InChI is InChI=1S/C14H20N2O4/c1-14(2,3)20-13(18)15-6-5-10-7-11(9-17)16-12(8-10)19-4/h7-9H,5-6H2,1-4H3,(H,15,18). The molecule has 6 nitrogen and oxygen atoms in total. The molecular formula is C14H20N2O4. The van der Waals surface area contributed by atoms with Crippen LogP contribution in [0.15, 0.2) is 12.1 Å². The Bertz CT molecular complexity index is 481. The van der Waals surface area contributed by atoms with Crippen LogP contribution in [0, 0.1) is 0 Å². The lowest BCUT2D eigenvalue weighted by Crippen LogP contribution is -2.33. The van der Waals surface area contributed by atoms with Crippen molar-refractivity contribution in [2.24, 2.45) is 0 Å². The van der Waals surface area contributed by atoms with Crippen LogP contribution in [-0.2, 0) is 11.2 Å². The summed E-state index contributed by atoms with van der Waals surface area (Å²) in [4.78, 5) is 26.2. The number of hydrogen-bond acceptors (Lipinski definition) is 5. The topological polar surface area (TPSA) is 77.5 Å². The van der Waals surface area contributed by atoms with E-state index in [-0.39, 0.29) is 0 Å². The molecule has 1 aromatic rings. The van der Waals surface area contributed by atoms with Gasteiger partial charge in [0, 0.05) is 12.6 Å². The summed E-state index contributed by atoms with van der Waals surface area (Å²) in [5.41, 5.74) is 0.640. The van der Waals surface area contributed by atoms with Crippen LogP contribution in [0.4, 0.5) is 4.79 Å². The Kier molecular flexibility index (Phi) is 5.49. The largest absolute Gasteiger partial charge is 0.481 e. The highest BCUT2D eigenvalue weighted by Crippen LogP contribution is 2.12. The van der Waals surface area contributed by atoms with Crippen LogP contribution < -0.4 is 10.1 Å². The summed E-state index contributed by atoms with van der Waals surface area (Å²) in [6, 6.07) is 3.38. The molecule has 0 fully saturated rings. The number of aldehydes is 1. The first kappa shape index (κ1) is 15.9. The molecule has 0 aromatic carbocycles. The molecule has 0 aliphatic carbocycles. The summed E-state index contributed by atoms with van der Waals surface area (Å²) >= 11 is 0. The third kappa shape index (κ3) is 5.69.